The van der Waals surface area contributed by atoms with E-state index in [0.29, 0.717) is 22.4 Å². The fourth-order valence-corrected chi connectivity index (χ4v) is 4.31. The van der Waals surface area contributed by atoms with Gasteiger partial charge in [0, 0.05) is 6.42 Å². The van der Waals surface area contributed by atoms with Gasteiger partial charge in [-0.3, -0.25) is 14.2 Å². The lowest BCUT2D eigenvalue weighted by molar-refractivity contribution is -0.134. The Morgan fingerprint density at radius 3 is 2.83 bits per heavy atom. The Morgan fingerprint density at radius 2 is 2.07 bits per heavy atom. The molecule has 4 aromatic rings. The predicted molar refractivity (Wildman–Crippen MR) is 115 cm³/mol. The van der Waals surface area contributed by atoms with Crippen molar-refractivity contribution in [3.63, 3.8) is 0 Å². The lowest BCUT2D eigenvalue weighted by Gasteiger charge is -2.20. The van der Waals surface area contributed by atoms with E-state index in [1.165, 1.54) is 27.2 Å². The molecular weight excluding hydrogens is 400 g/mol. The number of thiophene rings is 1. The summed E-state index contributed by atoms with van der Waals surface area (Å²) in [4.78, 5) is 30.8. The number of rotatable bonds is 4. The molecule has 0 saturated carbocycles. The molecule has 150 valence electrons. The normalized spacial score (nSPS) is 16.2. The van der Waals surface area contributed by atoms with Crippen LogP contribution in [0.2, 0.25) is 0 Å². The average molecular weight is 418 g/mol. The molecule has 1 amide bonds. The van der Waals surface area contributed by atoms with E-state index >= 15 is 0 Å². The van der Waals surface area contributed by atoms with Gasteiger partial charge >= 0.3 is 0 Å². The number of furan rings is 1. The highest BCUT2D eigenvalue weighted by atomic mass is 32.1. The van der Waals surface area contributed by atoms with E-state index in [9.17, 15) is 9.59 Å². The van der Waals surface area contributed by atoms with Crippen molar-refractivity contribution in [2.45, 2.75) is 25.9 Å². The Hall–Kier alpha value is -3.52. The maximum Gasteiger partial charge on any atom is 0.263 e. The third-order valence-corrected chi connectivity index (χ3v) is 6.00. The molecule has 0 fully saturated rings. The van der Waals surface area contributed by atoms with Crippen molar-refractivity contribution in [3.8, 4) is 0 Å². The van der Waals surface area contributed by atoms with E-state index in [1.807, 2.05) is 42.6 Å². The summed E-state index contributed by atoms with van der Waals surface area (Å²) >= 11 is 1.40. The van der Waals surface area contributed by atoms with Crippen LogP contribution in [-0.4, -0.2) is 26.2 Å². The van der Waals surface area contributed by atoms with Crippen LogP contribution in [0.3, 0.4) is 0 Å². The zero-order chi connectivity index (χ0) is 20.7. The number of hydrazone groups is 1. The largest absolute Gasteiger partial charge is 0.467 e. The molecule has 1 aromatic carbocycles. The van der Waals surface area contributed by atoms with Crippen LogP contribution in [0.5, 0.6) is 0 Å². The average Bonchev–Trinajstić information content (AvgIpc) is 3.50. The highest BCUT2D eigenvalue weighted by Crippen LogP contribution is 2.33. The highest BCUT2D eigenvalue weighted by Gasteiger charge is 2.35. The zero-order valence-electron chi connectivity index (χ0n) is 16.2. The van der Waals surface area contributed by atoms with Gasteiger partial charge in [-0.1, -0.05) is 29.8 Å². The molecule has 7 nitrogen and oxygen atoms in total. The minimum Gasteiger partial charge on any atom is -0.467 e. The van der Waals surface area contributed by atoms with E-state index in [2.05, 4.69) is 10.1 Å². The van der Waals surface area contributed by atoms with Gasteiger partial charge in [0.05, 0.1) is 23.7 Å². The van der Waals surface area contributed by atoms with Gasteiger partial charge in [0.15, 0.2) is 0 Å². The van der Waals surface area contributed by atoms with Crippen molar-refractivity contribution in [2.24, 2.45) is 5.10 Å². The summed E-state index contributed by atoms with van der Waals surface area (Å²) in [5.41, 5.74) is 2.70. The number of aryl methyl sites for hydroxylation is 1. The van der Waals surface area contributed by atoms with Crippen LogP contribution in [0.1, 0.15) is 29.3 Å². The molecule has 0 unspecified atom stereocenters. The summed E-state index contributed by atoms with van der Waals surface area (Å²) in [5, 5.41) is 8.37. The zero-order valence-corrected chi connectivity index (χ0v) is 17.0. The third kappa shape index (κ3) is 3.25. The summed E-state index contributed by atoms with van der Waals surface area (Å²) in [6.07, 6.45) is 3.54. The molecule has 1 aliphatic rings. The standard InChI is InChI=1S/C22H18N4O3S/c1-14-4-6-15(7-5-14)17-11-18(19-3-2-9-29-19)26(24-17)20(27)12-25-13-23-21-16(22(25)28)8-10-30-21/h2-10,13,18H,11-12H2,1H3/t18-/m0/s1. The lowest BCUT2D eigenvalue weighted by atomic mass is 10.0. The van der Waals surface area contributed by atoms with Gasteiger partial charge in [0.1, 0.15) is 23.2 Å². The van der Waals surface area contributed by atoms with Gasteiger partial charge in [-0.25, -0.2) is 9.99 Å². The number of carbonyl (C=O) groups is 1. The van der Waals surface area contributed by atoms with Crippen LogP contribution in [0, 0.1) is 6.92 Å². The SMILES string of the molecule is Cc1ccc(C2=NN(C(=O)Cn3cnc4sccc4c3=O)[C@H](c3ccco3)C2)cc1. The molecule has 3 aromatic heterocycles. The minimum atomic E-state index is -0.350. The maximum absolute atomic E-state index is 13.2. The third-order valence-electron chi connectivity index (χ3n) is 5.18. The first-order chi connectivity index (χ1) is 14.6. The minimum absolute atomic E-state index is 0.139. The Kier molecular flexibility index (Phi) is 4.55. The number of nitrogens with zero attached hydrogens (tertiary/aromatic N) is 4. The van der Waals surface area contributed by atoms with Gasteiger partial charge in [-0.2, -0.15) is 5.10 Å². The lowest BCUT2D eigenvalue weighted by Crippen LogP contribution is -2.33. The number of carbonyl (C=O) groups excluding carboxylic acids is 1. The van der Waals surface area contributed by atoms with Crippen LogP contribution < -0.4 is 5.56 Å². The second-order valence-electron chi connectivity index (χ2n) is 7.20. The second kappa shape index (κ2) is 7.38. The first-order valence-electron chi connectivity index (χ1n) is 9.53. The molecule has 1 aliphatic heterocycles. The molecule has 0 saturated heterocycles. The Bertz CT molecular complexity index is 1300. The Balaban J connectivity index is 1.48. The van der Waals surface area contributed by atoms with Gasteiger partial charge in [0.25, 0.3) is 11.5 Å². The predicted octanol–water partition coefficient (Wildman–Crippen LogP) is 3.74. The molecule has 1 atom stereocenters. The first kappa shape index (κ1) is 18.5. The fraction of sp³-hybridized carbons (Fsp3) is 0.182. The second-order valence-corrected chi connectivity index (χ2v) is 8.10. The maximum atomic E-state index is 13.2. The smallest absolute Gasteiger partial charge is 0.263 e. The van der Waals surface area contributed by atoms with E-state index < -0.39 is 0 Å². The van der Waals surface area contributed by atoms with Crippen LogP contribution in [0.4, 0.5) is 0 Å². The molecule has 0 radical (unpaired) electrons. The summed E-state index contributed by atoms with van der Waals surface area (Å²) in [5.74, 6) is 0.366. The van der Waals surface area contributed by atoms with E-state index in [1.54, 1.807) is 18.4 Å². The molecule has 0 aliphatic carbocycles. The molecule has 30 heavy (non-hydrogen) atoms. The first-order valence-corrected chi connectivity index (χ1v) is 10.4. The molecule has 0 spiro atoms. The van der Waals surface area contributed by atoms with Crippen molar-refractivity contribution >= 4 is 33.2 Å². The summed E-state index contributed by atoms with van der Waals surface area (Å²) < 4.78 is 6.90. The van der Waals surface area contributed by atoms with Crippen molar-refractivity contribution in [2.75, 3.05) is 0 Å². The summed E-state index contributed by atoms with van der Waals surface area (Å²) in [6, 6.07) is 13.0. The van der Waals surface area contributed by atoms with Crippen molar-refractivity contribution in [1.82, 2.24) is 14.6 Å². The number of hydrogen-bond acceptors (Lipinski definition) is 6. The monoisotopic (exact) mass is 418 g/mol. The van der Waals surface area contributed by atoms with Crippen molar-refractivity contribution in [3.05, 3.63) is 87.7 Å². The van der Waals surface area contributed by atoms with Crippen LogP contribution in [0.25, 0.3) is 10.2 Å². The quantitative estimate of drug-likeness (QED) is 0.506. The van der Waals surface area contributed by atoms with E-state index in [0.717, 1.165) is 16.8 Å². The Labute approximate surface area is 175 Å². The summed E-state index contributed by atoms with van der Waals surface area (Å²) in [6.45, 7) is 1.89. The number of fused-ring (bicyclic) bond motifs is 1. The number of benzene rings is 1. The molecule has 0 N–H and O–H groups in total. The van der Waals surface area contributed by atoms with Gasteiger partial charge in [0.2, 0.25) is 0 Å². The van der Waals surface area contributed by atoms with Gasteiger partial charge < -0.3 is 4.42 Å². The highest BCUT2D eigenvalue weighted by molar-refractivity contribution is 7.16. The topological polar surface area (TPSA) is 80.7 Å². The van der Waals surface area contributed by atoms with Gasteiger partial charge in [-0.05, 0) is 36.1 Å². The molecular formula is C22H18N4O3S. The molecule has 0 bridgehead atoms. The van der Waals surface area contributed by atoms with Crippen molar-refractivity contribution < 1.29 is 9.21 Å². The number of hydrogen-bond donors (Lipinski definition) is 0. The van der Waals surface area contributed by atoms with Gasteiger partial charge in [-0.15, -0.1) is 11.3 Å². The van der Waals surface area contributed by atoms with Crippen LogP contribution >= 0.6 is 11.3 Å². The Morgan fingerprint density at radius 1 is 1.23 bits per heavy atom. The van der Waals surface area contributed by atoms with E-state index in [-0.39, 0.29) is 24.1 Å². The number of aromatic nitrogens is 2. The molecule has 8 heteroatoms. The summed E-state index contributed by atoms with van der Waals surface area (Å²) in [7, 11) is 0. The van der Waals surface area contributed by atoms with Crippen LogP contribution in [-0.2, 0) is 11.3 Å². The molecule has 4 heterocycles. The molecule has 5 rings (SSSR count). The van der Waals surface area contributed by atoms with Crippen LogP contribution in [0.15, 0.2) is 74.7 Å². The number of amides is 1. The van der Waals surface area contributed by atoms with E-state index in [4.69, 9.17) is 4.42 Å². The fourth-order valence-electron chi connectivity index (χ4n) is 3.59. The van der Waals surface area contributed by atoms with Crippen molar-refractivity contribution in [1.29, 1.82) is 0 Å².